The van der Waals surface area contributed by atoms with Gasteiger partial charge in [-0.1, -0.05) is 217 Å². The number of benzene rings is 12. The molecule has 8 nitrogen and oxygen atoms in total. The molecule has 6 aromatic heterocycles. The Morgan fingerprint density at radius 1 is 0.264 bits per heavy atom. The molecule has 18 aromatic rings. The van der Waals surface area contributed by atoms with Crippen LogP contribution in [0.25, 0.3) is 134 Å². The van der Waals surface area contributed by atoms with Crippen molar-refractivity contribution in [2.24, 2.45) is 14.1 Å². The number of hydrogen-bond acceptors (Lipinski definition) is 6. The molecule has 0 aliphatic heterocycles. The van der Waals surface area contributed by atoms with Crippen LogP contribution in [0.1, 0.15) is 11.1 Å². The Kier molecular flexibility index (Phi) is 21.7. The van der Waals surface area contributed by atoms with E-state index < -0.39 is 0 Å². The van der Waals surface area contributed by atoms with Crippen LogP contribution in [-0.4, -0.2) is 29.1 Å². The second-order valence-electron chi connectivity index (χ2n) is 27.1. The Bertz CT molecular complexity index is 6080. The smallest absolute Gasteiger partial charge is 0.351 e. The van der Waals surface area contributed by atoms with Crippen molar-refractivity contribution in [3.05, 3.63) is 400 Å². The van der Waals surface area contributed by atoms with Gasteiger partial charge in [-0.05, 0) is 187 Å². The molecule has 6 heterocycles. The first-order valence-electron chi connectivity index (χ1n) is 36.2. The van der Waals surface area contributed by atoms with E-state index >= 15 is 0 Å². The summed E-state index contributed by atoms with van der Waals surface area (Å²) in [6.07, 6.45) is 11.8. The van der Waals surface area contributed by atoms with Crippen LogP contribution < -0.4 is 9.80 Å². The Hall–Kier alpha value is -12.7. The first kappa shape index (κ1) is 72.8. The molecule has 0 saturated carbocycles. The maximum Gasteiger partial charge on any atom is 2.00 e. The van der Waals surface area contributed by atoms with Gasteiger partial charge in [0.1, 0.15) is 0 Å². The molecule has 0 atom stereocenters. The van der Waals surface area contributed by atoms with Crippen LogP contribution in [0.5, 0.6) is 0 Å². The summed E-state index contributed by atoms with van der Waals surface area (Å²) in [6, 6.07) is 130. The summed E-state index contributed by atoms with van der Waals surface area (Å²) in [4.78, 5) is 23.8. The van der Waals surface area contributed by atoms with Crippen molar-refractivity contribution in [2.75, 3.05) is 9.80 Å². The Morgan fingerprint density at radius 2 is 0.609 bits per heavy atom. The molecule has 0 saturated heterocycles. The second-order valence-corrected chi connectivity index (χ2v) is 27.1. The van der Waals surface area contributed by atoms with Crippen LogP contribution in [0.2, 0.25) is 0 Å². The molecule has 0 bridgehead atoms. The van der Waals surface area contributed by atoms with Gasteiger partial charge in [-0.15, -0.1) is 107 Å². The third kappa shape index (κ3) is 15.6. The molecule has 0 spiro atoms. The molecule has 0 aliphatic rings. The molecule has 110 heavy (non-hydrogen) atoms. The summed E-state index contributed by atoms with van der Waals surface area (Å²) >= 11 is 0. The first-order valence-corrected chi connectivity index (χ1v) is 36.2. The van der Waals surface area contributed by atoms with Crippen molar-refractivity contribution >= 4 is 55.9 Å². The van der Waals surface area contributed by atoms with Crippen LogP contribution in [0.3, 0.4) is 0 Å². The number of pyridine rings is 4. The molecule has 0 unspecified atom stereocenters. The Labute approximate surface area is 671 Å². The molecule has 0 radical (unpaired) electrons. The molecule has 0 aliphatic carbocycles. The first-order chi connectivity index (χ1) is 53.1. The third-order valence-corrected chi connectivity index (χ3v) is 19.9. The van der Waals surface area contributed by atoms with Crippen molar-refractivity contribution in [3.8, 4) is 112 Å². The molecule has 12 aromatic carbocycles. The Morgan fingerprint density at radius 3 is 1.02 bits per heavy atom. The molecule has 532 valence electrons. The van der Waals surface area contributed by atoms with Gasteiger partial charge in [0.25, 0.3) is 0 Å². The van der Waals surface area contributed by atoms with Gasteiger partial charge < -0.3 is 38.9 Å². The van der Waals surface area contributed by atoms with Crippen molar-refractivity contribution < 1.29 is 42.1 Å². The zero-order valence-electron chi connectivity index (χ0n) is 60.9. The van der Waals surface area contributed by atoms with Crippen molar-refractivity contribution in [1.29, 1.82) is 0 Å². The van der Waals surface area contributed by atoms with Gasteiger partial charge in [-0.2, -0.15) is 0 Å². The van der Waals surface area contributed by atoms with Gasteiger partial charge in [-0.3, -0.25) is 0 Å². The predicted octanol–water partition coefficient (Wildman–Crippen LogP) is 25.4. The van der Waals surface area contributed by atoms with Crippen molar-refractivity contribution in [2.45, 2.75) is 13.8 Å². The normalized spacial score (nSPS) is 10.9. The zero-order valence-corrected chi connectivity index (χ0v) is 65.4. The maximum atomic E-state index is 5.01. The van der Waals surface area contributed by atoms with E-state index in [4.69, 9.17) is 15.0 Å². The summed E-state index contributed by atoms with van der Waals surface area (Å²) in [7, 11) is 4.15. The minimum absolute atomic E-state index is 0. The van der Waals surface area contributed by atoms with Crippen LogP contribution in [-0.2, 0) is 56.2 Å². The SMILES string of the molecule is Cc1cnc(-c2[c-]c(N(c3[c-]c(-c4ccccn4)cc(-c4ccccc4)c3)c3ccc4c(ccn4C)c3)ccc2)cc1-c1ccc(-c2ccccc2)cc1.Cc1cnc(-c2[c-]c(N(c3[c-]c(-c4ccccn4)ccc3)c3ccc4c(ccn4C)c3)cc(-c3ccccc3)c2)cc1-c1ccc(-c2ccccc2)cc1.[Pt+2].[Pt+2]. The van der Waals surface area contributed by atoms with Gasteiger partial charge in [0.05, 0.1) is 0 Å². The fourth-order valence-electron chi connectivity index (χ4n) is 14.3. The maximum absolute atomic E-state index is 5.01. The molecule has 0 N–H and O–H groups in total. The van der Waals surface area contributed by atoms with E-state index in [0.717, 1.165) is 146 Å². The molecule has 0 amide bonds. The zero-order chi connectivity index (χ0) is 72.9. The standard InChI is InChI=1S/2C50H36N4.2Pt/c1-35-34-52-49(33-47(35)39-21-19-38(20-22-39)36-12-5-3-6-13-36)40-16-11-17-44(29-40)54(45-23-24-50-41(30-45)25-27-53(50)2)46-31-42(37-14-7-4-8-15-37)28-43(32-46)48-18-9-10-26-51-48;1-35-34-52-49(33-47(35)39-21-19-38(20-22-39)36-12-5-3-6-13-36)43-28-42(37-14-7-4-8-15-37)31-46(32-43)54(45-23-24-50-41(30-45)25-27-53(50)2)44-17-11-16-40(29-44)48-18-9-10-26-51-48;;/h2*3-28,30-31,33-34H,1-2H3;;/q2*-2;2*+2. The van der Waals surface area contributed by atoms with Gasteiger partial charge in [0, 0.05) is 84.5 Å². The van der Waals surface area contributed by atoms with Crippen LogP contribution in [0.4, 0.5) is 34.1 Å². The molecule has 18 rings (SSSR count). The number of anilines is 6. The minimum atomic E-state index is 0. The van der Waals surface area contributed by atoms with E-state index in [1.165, 1.54) is 33.3 Å². The number of hydrogen-bond donors (Lipinski definition) is 0. The quantitative estimate of drug-likeness (QED) is 0.0898. The fraction of sp³-hybridized carbons (Fsp3) is 0.0400. The Balaban J connectivity index is 0.000000172. The number of nitrogens with zero attached hydrogens (tertiary/aromatic N) is 8. The molecular formula is C100H72N8Pt2. The number of fused-ring (bicyclic) bond motifs is 2. The number of aromatic nitrogens is 6. The number of aryl methyl sites for hydroxylation is 4. The van der Waals surface area contributed by atoms with E-state index in [0.29, 0.717) is 0 Å². The summed E-state index contributed by atoms with van der Waals surface area (Å²) in [6.45, 7) is 4.24. The summed E-state index contributed by atoms with van der Waals surface area (Å²) in [5.74, 6) is 0. The summed E-state index contributed by atoms with van der Waals surface area (Å²) < 4.78 is 4.29. The van der Waals surface area contributed by atoms with Crippen molar-refractivity contribution in [1.82, 2.24) is 29.1 Å². The van der Waals surface area contributed by atoms with E-state index in [1.807, 2.05) is 79.4 Å². The number of rotatable bonds is 16. The van der Waals surface area contributed by atoms with Crippen LogP contribution >= 0.6 is 0 Å². The predicted molar refractivity (Wildman–Crippen MR) is 446 cm³/mol. The van der Waals surface area contributed by atoms with Crippen LogP contribution in [0.15, 0.2) is 365 Å². The largest absolute Gasteiger partial charge is 2.00 e. The average molecular weight is 1780 g/mol. The topological polar surface area (TPSA) is 67.9 Å². The van der Waals surface area contributed by atoms with Crippen LogP contribution in [0, 0.1) is 38.1 Å². The summed E-state index contributed by atoms with van der Waals surface area (Å²) in [5, 5.41) is 2.31. The van der Waals surface area contributed by atoms with Gasteiger partial charge in [0.15, 0.2) is 0 Å². The van der Waals surface area contributed by atoms with E-state index in [-0.39, 0.29) is 42.1 Å². The molecule has 10 heteroatoms. The average Bonchev–Trinajstić information content (AvgIpc) is 0.855. The van der Waals surface area contributed by atoms with Gasteiger partial charge in [0.2, 0.25) is 0 Å². The van der Waals surface area contributed by atoms with E-state index in [1.54, 1.807) is 0 Å². The van der Waals surface area contributed by atoms with Crippen molar-refractivity contribution in [3.63, 3.8) is 0 Å². The fourth-order valence-corrected chi connectivity index (χ4v) is 14.3. The second kappa shape index (κ2) is 32.8. The molecule has 0 fully saturated rings. The third-order valence-electron chi connectivity index (χ3n) is 19.9. The van der Waals surface area contributed by atoms with Gasteiger partial charge in [-0.25, -0.2) is 0 Å². The monoisotopic (exact) mass is 1770 g/mol. The van der Waals surface area contributed by atoms with E-state index in [9.17, 15) is 0 Å². The minimum Gasteiger partial charge on any atom is -0.351 e. The van der Waals surface area contributed by atoms with E-state index in [2.05, 4.69) is 362 Å². The van der Waals surface area contributed by atoms with Gasteiger partial charge >= 0.3 is 42.1 Å². The summed E-state index contributed by atoms with van der Waals surface area (Å²) in [5.41, 5.74) is 31.0. The molecular weight excluding hydrogens is 1700 g/mol.